The van der Waals surface area contributed by atoms with E-state index in [2.05, 4.69) is 57.3 Å². The topological polar surface area (TPSA) is 32.3 Å². The Morgan fingerprint density at radius 3 is 2.00 bits per heavy atom. The molecular weight excluding hydrogens is 234 g/mol. The van der Waals surface area contributed by atoms with Crippen LogP contribution in [0.15, 0.2) is 24.3 Å². The minimum Gasteiger partial charge on any atom is -0.387 e. The van der Waals surface area contributed by atoms with Crippen molar-refractivity contribution in [3.05, 3.63) is 35.4 Å². The van der Waals surface area contributed by atoms with Crippen LogP contribution in [0.1, 0.15) is 64.2 Å². The average molecular weight is 263 g/mol. The lowest BCUT2D eigenvalue weighted by Crippen LogP contribution is -2.34. The maximum atomic E-state index is 10.3. The molecule has 2 heteroatoms. The largest absolute Gasteiger partial charge is 0.387 e. The molecule has 1 aromatic rings. The summed E-state index contributed by atoms with van der Waals surface area (Å²) in [7, 11) is 0. The molecule has 0 aromatic heterocycles. The molecule has 1 aromatic carbocycles. The summed E-state index contributed by atoms with van der Waals surface area (Å²) in [6, 6.07) is 8.47. The fraction of sp³-hybridized carbons (Fsp3) is 0.647. The molecule has 0 amide bonds. The van der Waals surface area contributed by atoms with Crippen LogP contribution >= 0.6 is 0 Å². The van der Waals surface area contributed by atoms with Gasteiger partial charge >= 0.3 is 0 Å². The van der Waals surface area contributed by atoms with Gasteiger partial charge in [0.15, 0.2) is 0 Å². The van der Waals surface area contributed by atoms with E-state index in [0.29, 0.717) is 11.8 Å². The van der Waals surface area contributed by atoms with Crippen LogP contribution < -0.4 is 5.32 Å². The molecule has 0 aliphatic rings. The van der Waals surface area contributed by atoms with Crippen molar-refractivity contribution in [3.63, 3.8) is 0 Å². The summed E-state index contributed by atoms with van der Waals surface area (Å²) in [6.07, 6.45) is 0.707. The van der Waals surface area contributed by atoms with Gasteiger partial charge in [-0.05, 0) is 42.9 Å². The molecule has 0 saturated carbocycles. The van der Waals surface area contributed by atoms with Gasteiger partial charge in [-0.15, -0.1) is 0 Å². The summed E-state index contributed by atoms with van der Waals surface area (Å²) in [5.41, 5.74) is 2.34. The lowest BCUT2D eigenvalue weighted by Gasteiger charge is -2.22. The van der Waals surface area contributed by atoms with Crippen LogP contribution in [0.2, 0.25) is 0 Å². The number of aliphatic hydroxyl groups excluding tert-OH is 1. The summed E-state index contributed by atoms with van der Waals surface area (Å²) in [5, 5.41) is 13.7. The van der Waals surface area contributed by atoms with E-state index < -0.39 is 6.10 Å². The molecule has 0 fully saturated rings. The van der Waals surface area contributed by atoms with Crippen LogP contribution in [0.4, 0.5) is 0 Å². The van der Waals surface area contributed by atoms with Gasteiger partial charge in [0.05, 0.1) is 6.10 Å². The maximum absolute atomic E-state index is 10.3. The minimum absolute atomic E-state index is 0.0804. The second kappa shape index (κ2) is 7.66. The fourth-order valence-corrected chi connectivity index (χ4v) is 2.08. The van der Waals surface area contributed by atoms with Crippen molar-refractivity contribution >= 4 is 0 Å². The molecule has 0 aliphatic heterocycles. The first kappa shape index (κ1) is 16.2. The van der Waals surface area contributed by atoms with Crippen molar-refractivity contribution in [2.24, 2.45) is 5.92 Å². The smallest absolute Gasteiger partial charge is 0.0940 e. The van der Waals surface area contributed by atoms with Gasteiger partial charge in [0.25, 0.3) is 0 Å². The van der Waals surface area contributed by atoms with E-state index in [1.165, 1.54) is 5.56 Å². The van der Waals surface area contributed by atoms with Crippen LogP contribution in [0.5, 0.6) is 0 Å². The Morgan fingerprint density at radius 1 is 1.00 bits per heavy atom. The first-order valence-corrected chi connectivity index (χ1v) is 7.47. The van der Waals surface area contributed by atoms with Crippen molar-refractivity contribution in [2.45, 2.75) is 59.1 Å². The molecule has 108 valence electrons. The average Bonchev–Trinajstić information content (AvgIpc) is 2.43. The number of nitrogens with one attached hydrogen (secondary N) is 1. The highest BCUT2D eigenvalue weighted by atomic mass is 16.3. The highest BCUT2D eigenvalue weighted by molar-refractivity contribution is 5.27. The molecule has 19 heavy (non-hydrogen) atoms. The zero-order valence-electron chi connectivity index (χ0n) is 13.0. The number of benzene rings is 1. The number of hydrogen-bond donors (Lipinski definition) is 2. The number of hydrogen-bond acceptors (Lipinski definition) is 2. The van der Waals surface area contributed by atoms with E-state index in [-0.39, 0.29) is 6.04 Å². The Hall–Kier alpha value is -0.860. The summed E-state index contributed by atoms with van der Waals surface area (Å²) >= 11 is 0. The van der Waals surface area contributed by atoms with Crippen LogP contribution in [-0.2, 0) is 0 Å². The van der Waals surface area contributed by atoms with E-state index in [4.69, 9.17) is 0 Å². The predicted octanol–water partition coefficient (Wildman–Crippen LogP) is 3.87. The predicted molar refractivity (Wildman–Crippen MR) is 82.4 cm³/mol. The SMILES string of the molecule is CCC(C)c1ccc(C(O)C(C)NCC(C)C)cc1. The van der Waals surface area contributed by atoms with Crippen LogP contribution in [0, 0.1) is 5.92 Å². The molecule has 3 unspecified atom stereocenters. The Morgan fingerprint density at radius 2 is 1.53 bits per heavy atom. The lowest BCUT2D eigenvalue weighted by molar-refractivity contribution is 0.134. The van der Waals surface area contributed by atoms with Gasteiger partial charge in [-0.3, -0.25) is 0 Å². The zero-order valence-corrected chi connectivity index (χ0v) is 13.0. The van der Waals surface area contributed by atoms with Crippen molar-refractivity contribution < 1.29 is 5.11 Å². The number of rotatable bonds is 7. The fourth-order valence-electron chi connectivity index (χ4n) is 2.08. The molecule has 0 saturated heterocycles. The molecular formula is C17H29NO. The molecule has 0 heterocycles. The quantitative estimate of drug-likeness (QED) is 0.782. The van der Waals surface area contributed by atoms with Gasteiger partial charge in [-0.2, -0.15) is 0 Å². The second-order valence-electron chi connectivity index (χ2n) is 6.01. The summed E-state index contributed by atoms with van der Waals surface area (Å²) in [4.78, 5) is 0. The Kier molecular flexibility index (Phi) is 6.53. The van der Waals surface area contributed by atoms with E-state index in [1.54, 1.807) is 0 Å². The highest BCUT2D eigenvalue weighted by Gasteiger charge is 2.16. The van der Waals surface area contributed by atoms with Crippen molar-refractivity contribution in [1.29, 1.82) is 0 Å². The third-order valence-corrected chi connectivity index (χ3v) is 3.78. The van der Waals surface area contributed by atoms with Gasteiger partial charge in [-0.1, -0.05) is 52.0 Å². The minimum atomic E-state index is -0.440. The van der Waals surface area contributed by atoms with Crippen molar-refractivity contribution in [2.75, 3.05) is 6.54 Å². The van der Waals surface area contributed by atoms with Gasteiger partial charge in [0.1, 0.15) is 0 Å². The van der Waals surface area contributed by atoms with Gasteiger partial charge < -0.3 is 10.4 Å². The summed E-state index contributed by atoms with van der Waals surface area (Å²) < 4.78 is 0. The van der Waals surface area contributed by atoms with E-state index >= 15 is 0 Å². The van der Waals surface area contributed by atoms with E-state index in [1.807, 2.05) is 6.92 Å². The summed E-state index contributed by atoms with van der Waals surface area (Å²) in [6.45, 7) is 11.8. The van der Waals surface area contributed by atoms with Gasteiger partial charge in [-0.25, -0.2) is 0 Å². The molecule has 0 aliphatic carbocycles. The van der Waals surface area contributed by atoms with Crippen LogP contribution in [0.3, 0.4) is 0 Å². The highest BCUT2D eigenvalue weighted by Crippen LogP contribution is 2.22. The molecule has 0 spiro atoms. The molecule has 1 rings (SSSR count). The third-order valence-electron chi connectivity index (χ3n) is 3.78. The Labute approximate surface area is 118 Å². The third kappa shape index (κ3) is 4.96. The Bertz CT molecular complexity index is 358. The normalized spacial score (nSPS) is 16.4. The molecule has 3 atom stereocenters. The standard InChI is InChI=1S/C17H29NO/c1-6-13(4)15-7-9-16(10-8-15)17(19)14(5)18-11-12(2)3/h7-10,12-14,17-19H,6,11H2,1-5H3. The van der Waals surface area contributed by atoms with Crippen molar-refractivity contribution in [1.82, 2.24) is 5.32 Å². The van der Waals surface area contributed by atoms with Crippen LogP contribution in [0.25, 0.3) is 0 Å². The van der Waals surface area contributed by atoms with E-state index in [0.717, 1.165) is 18.5 Å². The van der Waals surface area contributed by atoms with E-state index in [9.17, 15) is 5.11 Å². The first-order chi connectivity index (χ1) is 8.95. The lowest BCUT2D eigenvalue weighted by atomic mass is 9.95. The first-order valence-electron chi connectivity index (χ1n) is 7.47. The zero-order chi connectivity index (χ0) is 14.4. The molecule has 0 radical (unpaired) electrons. The van der Waals surface area contributed by atoms with Crippen LogP contribution in [-0.4, -0.2) is 17.7 Å². The van der Waals surface area contributed by atoms with Crippen molar-refractivity contribution in [3.8, 4) is 0 Å². The molecule has 2 N–H and O–H groups in total. The number of aliphatic hydroxyl groups is 1. The Balaban J connectivity index is 2.64. The van der Waals surface area contributed by atoms with Gasteiger partial charge in [0.2, 0.25) is 0 Å². The summed E-state index contributed by atoms with van der Waals surface area (Å²) in [5.74, 6) is 1.19. The molecule has 2 nitrogen and oxygen atoms in total. The second-order valence-corrected chi connectivity index (χ2v) is 6.01. The maximum Gasteiger partial charge on any atom is 0.0940 e. The molecule has 0 bridgehead atoms. The van der Waals surface area contributed by atoms with Gasteiger partial charge in [0, 0.05) is 6.04 Å². The monoisotopic (exact) mass is 263 g/mol.